The van der Waals surface area contributed by atoms with Crippen molar-refractivity contribution in [2.75, 3.05) is 6.54 Å². The molecule has 0 fully saturated rings. The van der Waals surface area contributed by atoms with Gasteiger partial charge in [-0.2, -0.15) is 0 Å². The van der Waals surface area contributed by atoms with Gasteiger partial charge in [-0.05, 0) is 25.5 Å². The number of nitrogens with zero attached hydrogens (tertiary/aromatic N) is 3. The minimum absolute atomic E-state index is 0.195. The smallest absolute Gasteiger partial charge is 0.323 e. The topological polar surface area (TPSA) is 83.4 Å². The lowest BCUT2D eigenvalue weighted by molar-refractivity contribution is -0.137. The van der Waals surface area contributed by atoms with Gasteiger partial charge in [-0.3, -0.25) is 9.59 Å². The van der Waals surface area contributed by atoms with E-state index >= 15 is 0 Å². The minimum atomic E-state index is -1.06. The Kier molecular flexibility index (Phi) is 4.83. The average Bonchev–Trinajstić information content (AvgIpc) is 2.47. The lowest BCUT2D eigenvalue weighted by Crippen LogP contribution is -2.35. The van der Waals surface area contributed by atoms with Crippen molar-refractivity contribution >= 4 is 11.9 Å². The number of carboxylic acid groups (broad SMARTS) is 1. The molecule has 1 aromatic carbocycles. The molecule has 6 nitrogen and oxygen atoms in total. The zero-order valence-electron chi connectivity index (χ0n) is 12.5. The van der Waals surface area contributed by atoms with E-state index < -0.39 is 11.9 Å². The van der Waals surface area contributed by atoms with E-state index in [-0.39, 0.29) is 18.8 Å². The van der Waals surface area contributed by atoms with Crippen LogP contribution in [-0.2, 0) is 11.3 Å². The Hall–Kier alpha value is -2.76. The van der Waals surface area contributed by atoms with Gasteiger partial charge in [0.15, 0.2) is 0 Å². The Morgan fingerprint density at radius 3 is 2.41 bits per heavy atom. The number of aliphatic carboxylic acids is 1. The highest BCUT2D eigenvalue weighted by molar-refractivity contribution is 5.94. The number of carboxylic acids is 1. The van der Waals surface area contributed by atoms with Crippen molar-refractivity contribution in [2.24, 2.45) is 0 Å². The summed E-state index contributed by atoms with van der Waals surface area (Å²) in [7, 11) is 0. The van der Waals surface area contributed by atoms with E-state index in [0.717, 1.165) is 11.1 Å². The Balaban J connectivity index is 2.23. The van der Waals surface area contributed by atoms with Crippen LogP contribution < -0.4 is 0 Å². The van der Waals surface area contributed by atoms with Crippen LogP contribution in [0.3, 0.4) is 0 Å². The molecular weight excluding hydrogens is 282 g/mol. The third-order valence-corrected chi connectivity index (χ3v) is 3.10. The van der Waals surface area contributed by atoms with Gasteiger partial charge in [-0.15, -0.1) is 0 Å². The van der Waals surface area contributed by atoms with Gasteiger partial charge >= 0.3 is 5.97 Å². The summed E-state index contributed by atoms with van der Waals surface area (Å²) >= 11 is 0. The van der Waals surface area contributed by atoms with Crippen LogP contribution in [0.5, 0.6) is 0 Å². The molecule has 1 aromatic heterocycles. The number of aryl methyl sites for hydroxylation is 2. The second-order valence-electron chi connectivity index (χ2n) is 5.03. The van der Waals surface area contributed by atoms with Gasteiger partial charge in [0, 0.05) is 12.7 Å². The Bertz CT molecular complexity index is 683. The van der Waals surface area contributed by atoms with Crippen LogP contribution in [0, 0.1) is 13.8 Å². The Morgan fingerprint density at radius 2 is 1.82 bits per heavy atom. The van der Waals surface area contributed by atoms with Crippen molar-refractivity contribution in [3.8, 4) is 0 Å². The third kappa shape index (κ3) is 4.12. The number of amides is 1. The predicted molar refractivity (Wildman–Crippen MR) is 80.3 cm³/mol. The molecule has 0 aliphatic rings. The quantitative estimate of drug-likeness (QED) is 0.910. The molecule has 2 aromatic rings. The molecule has 0 saturated carbocycles. The summed E-state index contributed by atoms with van der Waals surface area (Å²) in [5.41, 5.74) is 2.16. The molecule has 114 valence electrons. The van der Waals surface area contributed by atoms with E-state index in [4.69, 9.17) is 5.11 Å². The van der Waals surface area contributed by atoms with Gasteiger partial charge in [0.05, 0.1) is 0 Å². The van der Waals surface area contributed by atoms with E-state index in [9.17, 15) is 9.59 Å². The van der Waals surface area contributed by atoms with E-state index in [1.807, 2.05) is 31.2 Å². The molecule has 0 unspecified atom stereocenters. The van der Waals surface area contributed by atoms with Crippen molar-refractivity contribution in [1.29, 1.82) is 0 Å². The highest BCUT2D eigenvalue weighted by Gasteiger charge is 2.20. The molecular formula is C16H17N3O3. The molecule has 1 N–H and O–H groups in total. The van der Waals surface area contributed by atoms with Crippen LogP contribution in [-0.4, -0.2) is 38.4 Å². The monoisotopic (exact) mass is 299 g/mol. The molecule has 1 amide bonds. The highest BCUT2D eigenvalue weighted by atomic mass is 16.4. The fraction of sp³-hybridized carbons (Fsp3) is 0.250. The average molecular weight is 299 g/mol. The zero-order valence-corrected chi connectivity index (χ0v) is 12.5. The minimum Gasteiger partial charge on any atom is -0.480 e. The fourth-order valence-corrected chi connectivity index (χ4v) is 2.01. The molecule has 6 heteroatoms. The summed E-state index contributed by atoms with van der Waals surface area (Å²) in [4.78, 5) is 32.8. The van der Waals surface area contributed by atoms with E-state index in [1.54, 1.807) is 6.92 Å². The molecule has 0 radical (unpaired) electrons. The third-order valence-electron chi connectivity index (χ3n) is 3.10. The Morgan fingerprint density at radius 1 is 1.14 bits per heavy atom. The van der Waals surface area contributed by atoms with Crippen LogP contribution >= 0.6 is 0 Å². The van der Waals surface area contributed by atoms with E-state index in [1.165, 1.54) is 17.2 Å². The number of hydrogen-bond donors (Lipinski definition) is 1. The van der Waals surface area contributed by atoms with Crippen LogP contribution in [0.2, 0.25) is 0 Å². The molecule has 1 heterocycles. The molecule has 2 rings (SSSR count). The second kappa shape index (κ2) is 6.80. The molecule has 0 aliphatic carbocycles. The van der Waals surface area contributed by atoms with Crippen LogP contribution in [0.25, 0.3) is 0 Å². The maximum absolute atomic E-state index is 12.5. The first-order valence-electron chi connectivity index (χ1n) is 6.82. The van der Waals surface area contributed by atoms with Crippen molar-refractivity contribution in [3.63, 3.8) is 0 Å². The van der Waals surface area contributed by atoms with Crippen molar-refractivity contribution in [2.45, 2.75) is 20.4 Å². The molecule has 0 saturated heterocycles. The molecule has 0 atom stereocenters. The van der Waals surface area contributed by atoms with Gasteiger partial charge in [-0.1, -0.05) is 29.8 Å². The number of carbonyl (C=O) groups is 2. The summed E-state index contributed by atoms with van der Waals surface area (Å²) in [6.07, 6.45) is 1.49. The summed E-state index contributed by atoms with van der Waals surface area (Å²) < 4.78 is 0. The molecule has 0 aliphatic heterocycles. The number of hydrogen-bond acceptors (Lipinski definition) is 4. The summed E-state index contributed by atoms with van der Waals surface area (Å²) in [6.45, 7) is 3.48. The Labute approximate surface area is 128 Å². The SMILES string of the molecule is Cc1ccc(CN(CC(=O)O)C(=O)c2ccnc(C)n2)cc1. The fourth-order valence-electron chi connectivity index (χ4n) is 2.01. The van der Waals surface area contributed by atoms with E-state index in [0.29, 0.717) is 5.82 Å². The number of carbonyl (C=O) groups excluding carboxylic acids is 1. The lowest BCUT2D eigenvalue weighted by atomic mass is 10.1. The zero-order chi connectivity index (χ0) is 16.1. The summed E-state index contributed by atoms with van der Waals surface area (Å²) in [5, 5.41) is 9.03. The highest BCUT2D eigenvalue weighted by Crippen LogP contribution is 2.10. The van der Waals surface area contributed by atoms with Gasteiger partial charge in [0.25, 0.3) is 5.91 Å². The normalized spacial score (nSPS) is 10.3. The van der Waals surface area contributed by atoms with E-state index in [2.05, 4.69) is 9.97 Å². The summed E-state index contributed by atoms with van der Waals surface area (Å²) in [6, 6.07) is 9.09. The molecule has 0 spiro atoms. The van der Waals surface area contributed by atoms with Gasteiger partial charge in [0.2, 0.25) is 0 Å². The maximum atomic E-state index is 12.5. The number of rotatable bonds is 5. The second-order valence-corrected chi connectivity index (χ2v) is 5.03. The predicted octanol–water partition coefficient (Wildman–Crippen LogP) is 1.82. The van der Waals surface area contributed by atoms with Crippen molar-refractivity contribution < 1.29 is 14.7 Å². The summed E-state index contributed by atoms with van der Waals surface area (Å²) in [5.74, 6) is -1.02. The van der Waals surface area contributed by atoms with Crippen molar-refractivity contribution in [1.82, 2.24) is 14.9 Å². The number of aromatic nitrogens is 2. The maximum Gasteiger partial charge on any atom is 0.323 e. The first kappa shape index (κ1) is 15.6. The number of benzene rings is 1. The van der Waals surface area contributed by atoms with Crippen LogP contribution in [0.1, 0.15) is 27.4 Å². The van der Waals surface area contributed by atoms with Gasteiger partial charge in [0.1, 0.15) is 18.1 Å². The molecule has 0 bridgehead atoms. The van der Waals surface area contributed by atoms with Crippen molar-refractivity contribution in [3.05, 3.63) is 59.2 Å². The van der Waals surface area contributed by atoms with Crippen LogP contribution in [0.4, 0.5) is 0 Å². The standard InChI is InChI=1S/C16H17N3O3/c1-11-3-5-13(6-4-11)9-19(10-15(20)21)16(22)14-7-8-17-12(2)18-14/h3-8H,9-10H2,1-2H3,(H,20,21). The van der Waals surface area contributed by atoms with Gasteiger partial charge in [-0.25, -0.2) is 9.97 Å². The lowest BCUT2D eigenvalue weighted by Gasteiger charge is -2.20. The van der Waals surface area contributed by atoms with Gasteiger partial charge < -0.3 is 10.0 Å². The first-order chi connectivity index (χ1) is 10.5. The van der Waals surface area contributed by atoms with Crippen LogP contribution in [0.15, 0.2) is 36.5 Å². The first-order valence-corrected chi connectivity index (χ1v) is 6.82. The largest absolute Gasteiger partial charge is 0.480 e. The molecule has 22 heavy (non-hydrogen) atoms.